The second-order valence-corrected chi connectivity index (χ2v) is 3.75. The van der Waals surface area contributed by atoms with Crippen LogP contribution in [-0.4, -0.2) is 24.0 Å². The van der Waals surface area contributed by atoms with E-state index >= 15 is 0 Å². The van der Waals surface area contributed by atoms with E-state index in [4.69, 9.17) is 15.1 Å². The Kier molecular flexibility index (Phi) is 3.39. The van der Waals surface area contributed by atoms with Crippen molar-refractivity contribution in [3.63, 3.8) is 0 Å². The van der Waals surface area contributed by atoms with E-state index < -0.39 is 0 Å². The molecule has 0 aliphatic carbocycles. The predicted molar refractivity (Wildman–Crippen MR) is 63.8 cm³/mol. The number of aromatic nitrogens is 2. The minimum absolute atomic E-state index is 0.509. The van der Waals surface area contributed by atoms with E-state index in [0.29, 0.717) is 18.7 Å². The molecule has 0 unspecified atom stereocenters. The zero-order valence-electron chi connectivity index (χ0n) is 9.93. The van der Waals surface area contributed by atoms with Crippen molar-refractivity contribution in [2.24, 2.45) is 5.73 Å². The van der Waals surface area contributed by atoms with Gasteiger partial charge in [-0.15, -0.1) is 0 Å². The molecule has 0 spiro atoms. The fourth-order valence-corrected chi connectivity index (χ4v) is 1.82. The standard InChI is InChI=1S/C12H15N3O2/c1-8-4-3-5-9(12(8)16-2)11-10(6-7-13)14-17-15-11/h3-5H,6-7,13H2,1-2H3. The highest BCUT2D eigenvalue weighted by atomic mass is 16.6. The first-order chi connectivity index (χ1) is 8.27. The molecule has 90 valence electrons. The summed E-state index contributed by atoms with van der Waals surface area (Å²) in [4.78, 5) is 0. The molecule has 17 heavy (non-hydrogen) atoms. The summed E-state index contributed by atoms with van der Waals surface area (Å²) in [6, 6.07) is 5.87. The van der Waals surface area contributed by atoms with Crippen LogP contribution in [0.5, 0.6) is 5.75 Å². The Bertz CT molecular complexity index is 508. The van der Waals surface area contributed by atoms with Crippen molar-refractivity contribution in [3.8, 4) is 17.0 Å². The van der Waals surface area contributed by atoms with Crippen LogP contribution in [0.2, 0.25) is 0 Å². The fourth-order valence-electron chi connectivity index (χ4n) is 1.82. The molecule has 0 saturated heterocycles. The molecule has 2 aromatic rings. The van der Waals surface area contributed by atoms with Gasteiger partial charge in [0.2, 0.25) is 0 Å². The molecule has 2 rings (SSSR count). The monoisotopic (exact) mass is 233 g/mol. The quantitative estimate of drug-likeness (QED) is 0.867. The summed E-state index contributed by atoms with van der Waals surface area (Å²) in [5.41, 5.74) is 8.93. The maximum Gasteiger partial charge on any atom is 0.142 e. The lowest BCUT2D eigenvalue weighted by molar-refractivity contribution is 0.304. The van der Waals surface area contributed by atoms with Gasteiger partial charge in [-0.05, 0) is 30.3 Å². The largest absolute Gasteiger partial charge is 0.496 e. The van der Waals surface area contributed by atoms with Gasteiger partial charge < -0.3 is 10.5 Å². The normalized spacial score (nSPS) is 10.5. The lowest BCUT2D eigenvalue weighted by atomic mass is 10.0. The molecular formula is C12H15N3O2. The Morgan fingerprint density at radius 3 is 2.88 bits per heavy atom. The summed E-state index contributed by atoms with van der Waals surface area (Å²) in [5.74, 6) is 0.793. The minimum atomic E-state index is 0.509. The van der Waals surface area contributed by atoms with E-state index in [2.05, 4.69) is 10.3 Å². The summed E-state index contributed by atoms with van der Waals surface area (Å²) in [6.45, 7) is 2.49. The maximum absolute atomic E-state index is 5.53. The Balaban J connectivity index is 2.52. The van der Waals surface area contributed by atoms with Crippen molar-refractivity contribution >= 4 is 0 Å². The zero-order chi connectivity index (χ0) is 12.3. The Hall–Kier alpha value is -1.88. The van der Waals surface area contributed by atoms with Gasteiger partial charge in [0.15, 0.2) is 0 Å². The molecule has 0 atom stereocenters. The van der Waals surface area contributed by atoms with Crippen molar-refractivity contribution in [1.82, 2.24) is 10.3 Å². The SMILES string of the molecule is COc1c(C)cccc1-c1nonc1CCN. The van der Waals surface area contributed by atoms with Crippen LogP contribution in [0.3, 0.4) is 0 Å². The highest BCUT2D eigenvalue weighted by Gasteiger charge is 2.16. The van der Waals surface area contributed by atoms with Gasteiger partial charge in [0.25, 0.3) is 0 Å². The number of benzene rings is 1. The molecule has 1 heterocycles. The molecule has 0 aliphatic heterocycles. The fraction of sp³-hybridized carbons (Fsp3) is 0.333. The lowest BCUT2D eigenvalue weighted by Gasteiger charge is -2.09. The molecule has 0 amide bonds. The van der Waals surface area contributed by atoms with Gasteiger partial charge in [0.1, 0.15) is 17.1 Å². The van der Waals surface area contributed by atoms with Crippen LogP contribution in [0.1, 0.15) is 11.3 Å². The van der Waals surface area contributed by atoms with Gasteiger partial charge in [0.05, 0.1) is 7.11 Å². The molecule has 0 saturated carbocycles. The van der Waals surface area contributed by atoms with Gasteiger partial charge in [-0.1, -0.05) is 17.3 Å². The predicted octanol–water partition coefficient (Wildman–Crippen LogP) is 1.55. The third-order valence-electron chi connectivity index (χ3n) is 2.61. The van der Waals surface area contributed by atoms with Crippen LogP contribution in [0.15, 0.2) is 22.8 Å². The number of nitrogens with two attached hydrogens (primary N) is 1. The minimum Gasteiger partial charge on any atom is -0.496 e. The third kappa shape index (κ3) is 2.14. The second-order valence-electron chi connectivity index (χ2n) is 3.75. The number of para-hydroxylation sites is 1. The van der Waals surface area contributed by atoms with Crippen LogP contribution in [0.4, 0.5) is 0 Å². The van der Waals surface area contributed by atoms with E-state index in [1.54, 1.807) is 7.11 Å². The molecule has 5 heteroatoms. The first-order valence-electron chi connectivity index (χ1n) is 5.43. The number of aryl methyl sites for hydroxylation is 1. The molecule has 1 aromatic heterocycles. The van der Waals surface area contributed by atoms with Crippen molar-refractivity contribution < 1.29 is 9.37 Å². The average molecular weight is 233 g/mol. The highest BCUT2D eigenvalue weighted by molar-refractivity contribution is 5.70. The van der Waals surface area contributed by atoms with Crippen LogP contribution >= 0.6 is 0 Å². The van der Waals surface area contributed by atoms with Crippen molar-refractivity contribution in [2.75, 3.05) is 13.7 Å². The summed E-state index contributed by atoms with van der Waals surface area (Å²) >= 11 is 0. The first kappa shape index (κ1) is 11.6. The van der Waals surface area contributed by atoms with Crippen molar-refractivity contribution in [3.05, 3.63) is 29.5 Å². The smallest absolute Gasteiger partial charge is 0.142 e. The van der Waals surface area contributed by atoms with Gasteiger partial charge >= 0.3 is 0 Å². The van der Waals surface area contributed by atoms with Gasteiger partial charge in [-0.25, -0.2) is 4.63 Å². The van der Waals surface area contributed by atoms with Gasteiger partial charge in [0, 0.05) is 12.0 Å². The number of hydrogen-bond donors (Lipinski definition) is 1. The molecule has 0 bridgehead atoms. The molecule has 0 aliphatic rings. The third-order valence-corrected chi connectivity index (χ3v) is 2.61. The number of nitrogens with zero attached hydrogens (tertiary/aromatic N) is 2. The van der Waals surface area contributed by atoms with E-state index in [0.717, 1.165) is 22.6 Å². The van der Waals surface area contributed by atoms with Crippen LogP contribution < -0.4 is 10.5 Å². The van der Waals surface area contributed by atoms with Crippen molar-refractivity contribution in [1.29, 1.82) is 0 Å². The molecular weight excluding hydrogens is 218 g/mol. The zero-order valence-corrected chi connectivity index (χ0v) is 9.93. The second kappa shape index (κ2) is 4.97. The van der Waals surface area contributed by atoms with Gasteiger partial charge in [-0.2, -0.15) is 0 Å². The maximum atomic E-state index is 5.53. The topological polar surface area (TPSA) is 74.2 Å². The van der Waals surface area contributed by atoms with Crippen molar-refractivity contribution in [2.45, 2.75) is 13.3 Å². The Labute approximate surface area is 99.5 Å². The summed E-state index contributed by atoms with van der Waals surface area (Å²) < 4.78 is 10.2. The Morgan fingerprint density at radius 2 is 2.18 bits per heavy atom. The van der Waals surface area contributed by atoms with E-state index in [-0.39, 0.29) is 0 Å². The van der Waals surface area contributed by atoms with E-state index in [1.165, 1.54) is 0 Å². The molecule has 5 nitrogen and oxygen atoms in total. The molecule has 0 fully saturated rings. The molecule has 0 radical (unpaired) electrons. The summed E-state index contributed by atoms with van der Waals surface area (Å²) in [7, 11) is 1.64. The summed E-state index contributed by atoms with van der Waals surface area (Å²) in [6.07, 6.45) is 0.635. The number of ether oxygens (including phenoxy) is 1. The molecule has 2 N–H and O–H groups in total. The Morgan fingerprint density at radius 1 is 1.35 bits per heavy atom. The van der Waals surface area contributed by atoms with Crippen LogP contribution in [0, 0.1) is 6.92 Å². The molecule has 1 aromatic carbocycles. The number of rotatable bonds is 4. The van der Waals surface area contributed by atoms with Crippen LogP contribution in [-0.2, 0) is 6.42 Å². The number of hydrogen-bond acceptors (Lipinski definition) is 5. The van der Waals surface area contributed by atoms with E-state index in [1.807, 2.05) is 25.1 Å². The van der Waals surface area contributed by atoms with Crippen LogP contribution in [0.25, 0.3) is 11.3 Å². The first-order valence-corrected chi connectivity index (χ1v) is 5.43. The number of methoxy groups -OCH3 is 1. The van der Waals surface area contributed by atoms with Gasteiger partial charge in [-0.3, -0.25) is 0 Å². The average Bonchev–Trinajstić information content (AvgIpc) is 2.77. The lowest BCUT2D eigenvalue weighted by Crippen LogP contribution is -2.04. The highest BCUT2D eigenvalue weighted by Crippen LogP contribution is 2.32. The van der Waals surface area contributed by atoms with E-state index in [9.17, 15) is 0 Å². The summed E-state index contributed by atoms with van der Waals surface area (Å²) in [5, 5.41) is 7.80.